The van der Waals surface area contributed by atoms with Gasteiger partial charge in [-0.3, -0.25) is 0 Å². The quantitative estimate of drug-likeness (QED) is 0.765. The maximum atomic E-state index is 5.61. The molecule has 0 aliphatic carbocycles. The average Bonchev–Trinajstić information content (AvgIpc) is 2.07. The SMILES string of the molecule is CC(NC1COC(C)(C)OC1)C(C)(C)C. The standard InChI is InChI=1S/C12H25NO2/c1-9(11(2,3)4)13-10-7-14-12(5,6)15-8-10/h9-10,13H,7-8H2,1-6H3. The molecule has 1 unspecified atom stereocenters. The third-order valence-corrected chi connectivity index (χ3v) is 3.05. The molecule has 1 aliphatic rings. The minimum absolute atomic E-state index is 0.271. The number of ether oxygens (including phenoxy) is 2. The van der Waals surface area contributed by atoms with E-state index in [1.54, 1.807) is 0 Å². The number of hydrogen-bond acceptors (Lipinski definition) is 3. The number of rotatable bonds is 2. The second-order valence-electron chi connectivity index (χ2n) is 5.97. The van der Waals surface area contributed by atoms with Crippen molar-refractivity contribution in [3.05, 3.63) is 0 Å². The number of nitrogens with one attached hydrogen (secondary N) is 1. The van der Waals surface area contributed by atoms with E-state index in [4.69, 9.17) is 9.47 Å². The van der Waals surface area contributed by atoms with Crippen molar-refractivity contribution in [1.82, 2.24) is 5.32 Å². The highest BCUT2D eigenvalue weighted by molar-refractivity contribution is 4.82. The molecule has 0 spiro atoms. The molecule has 0 aromatic heterocycles. The summed E-state index contributed by atoms with van der Waals surface area (Å²) < 4.78 is 11.2. The predicted molar refractivity (Wildman–Crippen MR) is 61.8 cm³/mol. The van der Waals surface area contributed by atoms with Crippen molar-refractivity contribution in [3.8, 4) is 0 Å². The van der Waals surface area contributed by atoms with Gasteiger partial charge >= 0.3 is 0 Å². The second-order valence-corrected chi connectivity index (χ2v) is 5.97. The van der Waals surface area contributed by atoms with Crippen LogP contribution in [0, 0.1) is 5.41 Å². The van der Waals surface area contributed by atoms with Crippen molar-refractivity contribution < 1.29 is 9.47 Å². The van der Waals surface area contributed by atoms with Crippen LogP contribution in [0.5, 0.6) is 0 Å². The lowest BCUT2D eigenvalue weighted by Crippen LogP contribution is -2.53. The first-order valence-electron chi connectivity index (χ1n) is 5.75. The Bertz CT molecular complexity index is 198. The smallest absolute Gasteiger partial charge is 0.162 e. The van der Waals surface area contributed by atoms with Crippen LogP contribution in [0.25, 0.3) is 0 Å². The molecule has 15 heavy (non-hydrogen) atoms. The Morgan fingerprint density at radius 1 is 1.20 bits per heavy atom. The van der Waals surface area contributed by atoms with E-state index in [0.29, 0.717) is 12.1 Å². The molecular weight excluding hydrogens is 190 g/mol. The molecule has 3 nitrogen and oxygen atoms in total. The zero-order chi connectivity index (χ0) is 11.7. The first kappa shape index (κ1) is 12.9. The van der Waals surface area contributed by atoms with E-state index in [2.05, 4.69) is 33.0 Å². The van der Waals surface area contributed by atoms with Crippen LogP contribution >= 0.6 is 0 Å². The lowest BCUT2D eigenvalue weighted by molar-refractivity contribution is -0.253. The molecule has 1 aliphatic heterocycles. The second kappa shape index (κ2) is 4.40. The number of hydrogen-bond donors (Lipinski definition) is 1. The fourth-order valence-electron chi connectivity index (χ4n) is 1.39. The van der Waals surface area contributed by atoms with Gasteiger partial charge < -0.3 is 14.8 Å². The van der Waals surface area contributed by atoms with Gasteiger partial charge in [-0.25, -0.2) is 0 Å². The summed E-state index contributed by atoms with van der Waals surface area (Å²) in [5.74, 6) is -0.414. The van der Waals surface area contributed by atoms with Gasteiger partial charge in [-0.05, 0) is 26.2 Å². The van der Waals surface area contributed by atoms with Gasteiger partial charge in [-0.2, -0.15) is 0 Å². The van der Waals surface area contributed by atoms with Crippen molar-refractivity contribution in [1.29, 1.82) is 0 Å². The van der Waals surface area contributed by atoms with Gasteiger partial charge in [0.1, 0.15) is 0 Å². The molecular formula is C12H25NO2. The fraction of sp³-hybridized carbons (Fsp3) is 1.00. The zero-order valence-electron chi connectivity index (χ0n) is 10.9. The minimum atomic E-state index is -0.414. The molecule has 3 heteroatoms. The van der Waals surface area contributed by atoms with Crippen LogP contribution in [0.1, 0.15) is 41.5 Å². The Labute approximate surface area is 93.5 Å². The molecule has 1 fully saturated rings. The summed E-state index contributed by atoms with van der Waals surface area (Å²) in [6.45, 7) is 14.3. The Balaban J connectivity index is 2.36. The molecule has 1 heterocycles. The van der Waals surface area contributed by atoms with Crippen LogP contribution in [0.3, 0.4) is 0 Å². The van der Waals surface area contributed by atoms with Gasteiger partial charge in [0.2, 0.25) is 0 Å². The van der Waals surface area contributed by atoms with Gasteiger partial charge in [0.15, 0.2) is 5.79 Å². The fourth-order valence-corrected chi connectivity index (χ4v) is 1.39. The predicted octanol–water partition coefficient (Wildman–Crippen LogP) is 2.16. The first-order chi connectivity index (χ1) is 6.71. The Morgan fingerprint density at radius 2 is 1.67 bits per heavy atom. The third kappa shape index (κ3) is 4.09. The largest absolute Gasteiger partial charge is 0.349 e. The van der Waals surface area contributed by atoms with Gasteiger partial charge in [-0.1, -0.05) is 20.8 Å². The summed E-state index contributed by atoms with van der Waals surface area (Å²) >= 11 is 0. The first-order valence-corrected chi connectivity index (χ1v) is 5.75. The molecule has 0 saturated carbocycles. The van der Waals surface area contributed by atoms with Gasteiger partial charge in [0, 0.05) is 6.04 Å². The monoisotopic (exact) mass is 215 g/mol. The molecule has 0 bridgehead atoms. The van der Waals surface area contributed by atoms with Crippen LogP contribution in [0.15, 0.2) is 0 Å². The van der Waals surface area contributed by atoms with Crippen LogP contribution < -0.4 is 5.32 Å². The van der Waals surface area contributed by atoms with E-state index in [1.165, 1.54) is 0 Å². The summed E-state index contributed by atoms with van der Waals surface area (Å²) in [5.41, 5.74) is 0.271. The van der Waals surface area contributed by atoms with Gasteiger partial charge in [0.25, 0.3) is 0 Å². The van der Waals surface area contributed by atoms with Crippen LogP contribution in [0.2, 0.25) is 0 Å². The van der Waals surface area contributed by atoms with Crippen molar-refractivity contribution >= 4 is 0 Å². The summed E-state index contributed by atoms with van der Waals surface area (Å²) in [4.78, 5) is 0. The molecule has 1 rings (SSSR count). The van der Waals surface area contributed by atoms with E-state index in [9.17, 15) is 0 Å². The van der Waals surface area contributed by atoms with Crippen molar-refractivity contribution in [2.45, 2.75) is 59.4 Å². The normalized spacial score (nSPS) is 25.2. The topological polar surface area (TPSA) is 30.5 Å². The Kier molecular flexibility index (Phi) is 3.80. The lowest BCUT2D eigenvalue weighted by atomic mass is 9.87. The average molecular weight is 215 g/mol. The maximum absolute atomic E-state index is 5.61. The molecule has 0 radical (unpaired) electrons. The zero-order valence-corrected chi connectivity index (χ0v) is 10.9. The molecule has 90 valence electrons. The lowest BCUT2D eigenvalue weighted by Gasteiger charge is -2.38. The van der Waals surface area contributed by atoms with Gasteiger partial charge in [-0.15, -0.1) is 0 Å². The van der Waals surface area contributed by atoms with E-state index in [0.717, 1.165) is 13.2 Å². The van der Waals surface area contributed by atoms with E-state index >= 15 is 0 Å². The Hall–Kier alpha value is -0.120. The van der Waals surface area contributed by atoms with E-state index in [-0.39, 0.29) is 5.41 Å². The summed E-state index contributed by atoms with van der Waals surface area (Å²) in [6, 6.07) is 0.767. The summed E-state index contributed by atoms with van der Waals surface area (Å²) in [5, 5.41) is 3.55. The van der Waals surface area contributed by atoms with E-state index < -0.39 is 5.79 Å². The molecule has 0 amide bonds. The van der Waals surface area contributed by atoms with Crippen LogP contribution in [-0.4, -0.2) is 31.1 Å². The van der Waals surface area contributed by atoms with Crippen molar-refractivity contribution in [3.63, 3.8) is 0 Å². The van der Waals surface area contributed by atoms with Crippen LogP contribution in [0.4, 0.5) is 0 Å². The highest BCUT2D eigenvalue weighted by Crippen LogP contribution is 2.21. The maximum Gasteiger partial charge on any atom is 0.162 e. The molecule has 1 saturated heterocycles. The summed E-state index contributed by atoms with van der Waals surface area (Å²) in [7, 11) is 0. The third-order valence-electron chi connectivity index (χ3n) is 3.05. The van der Waals surface area contributed by atoms with Gasteiger partial charge in [0.05, 0.1) is 19.3 Å². The Morgan fingerprint density at radius 3 is 2.07 bits per heavy atom. The highest BCUT2D eigenvalue weighted by atomic mass is 16.7. The minimum Gasteiger partial charge on any atom is -0.349 e. The molecule has 0 aromatic carbocycles. The molecule has 0 aromatic rings. The van der Waals surface area contributed by atoms with E-state index in [1.807, 2.05) is 13.8 Å². The highest BCUT2D eigenvalue weighted by Gasteiger charge is 2.30. The van der Waals surface area contributed by atoms with Crippen molar-refractivity contribution in [2.24, 2.45) is 5.41 Å². The summed E-state index contributed by atoms with van der Waals surface area (Å²) in [6.07, 6.45) is 0. The van der Waals surface area contributed by atoms with Crippen LogP contribution in [-0.2, 0) is 9.47 Å². The molecule has 1 N–H and O–H groups in total. The van der Waals surface area contributed by atoms with Crippen molar-refractivity contribution in [2.75, 3.05) is 13.2 Å². The molecule has 1 atom stereocenters.